The van der Waals surface area contributed by atoms with Gasteiger partial charge in [0.1, 0.15) is 12.4 Å². The highest BCUT2D eigenvalue weighted by Gasteiger charge is 2.24. The van der Waals surface area contributed by atoms with Crippen LogP contribution in [0.4, 0.5) is 5.69 Å². The van der Waals surface area contributed by atoms with Crippen LogP contribution < -0.4 is 10.1 Å². The van der Waals surface area contributed by atoms with Crippen LogP contribution in [-0.4, -0.2) is 24.6 Å². The fourth-order valence-electron chi connectivity index (χ4n) is 3.22. The van der Waals surface area contributed by atoms with Gasteiger partial charge in [-0.25, -0.2) is 4.79 Å². The van der Waals surface area contributed by atoms with Crippen molar-refractivity contribution in [2.24, 2.45) is 0 Å². The maximum absolute atomic E-state index is 12.7. The Balaban J connectivity index is 1.44. The first kappa shape index (κ1) is 19.5. The van der Waals surface area contributed by atoms with E-state index in [2.05, 4.69) is 5.32 Å². The van der Waals surface area contributed by atoms with Gasteiger partial charge in [0.05, 0.1) is 5.57 Å². The normalized spacial score (nSPS) is 13.3. The van der Waals surface area contributed by atoms with Crippen molar-refractivity contribution in [1.29, 1.82) is 0 Å². The zero-order valence-electron chi connectivity index (χ0n) is 16.5. The SMILES string of the molecule is CC(OC(=O)C1=Cc2ccccc2OC1)C(=O)Nc1ccccc1-c1ccccc1. The highest BCUT2D eigenvalue weighted by molar-refractivity contribution is 6.01. The van der Waals surface area contributed by atoms with E-state index in [1.165, 1.54) is 0 Å². The summed E-state index contributed by atoms with van der Waals surface area (Å²) < 4.78 is 11.0. The highest BCUT2D eigenvalue weighted by Crippen LogP contribution is 2.28. The molecule has 0 spiro atoms. The molecule has 0 radical (unpaired) electrons. The van der Waals surface area contributed by atoms with Gasteiger partial charge in [0.2, 0.25) is 0 Å². The number of esters is 1. The van der Waals surface area contributed by atoms with E-state index in [1.807, 2.05) is 78.9 Å². The Morgan fingerprint density at radius 2 is 1.63 bits per heavy atom. The Kier molecular flexibility index (Phi) is 5.61. The molecular weight excluding hydrogens is 378 g/mol. The maximum Gasteiger partial charge on any atom is 0.338 e. The van der Waals surface area contributed by atoms with E-state index in [1.54, 1.807) is 13.0 Å². The Morgan fingerprint density at radius 1 is 0.933 bits per heavy atom. The van der Waals surface area contributed by atoms with E-state index < -0.39 is 18.0 Å². The van der Waals surface area contributed by atoms with Crippen molar-refractivity contribution < 1.29 is 19.1 Å². The molecule has 1 N–H and O–H groups in total. The zero-order valence-corrected chi connectivity index (χ0v) is 16.5. The summed E-state index contributed by atoms with van der Waals surface area (Å²) in [4.78, 5) is 25.2. The monoisotopic (exact) mass is 399 g/mol. The number of carbonyl (C=O) groups is 2. The summed E-state index contributed by atoms with van der Waals surface area (Å²) in [7, 11) is 0. The Bertz CT molecular complexity index is 1100. The number of ether oxygens (including phenoxy) is 2. The quantitative estimate of drug-likeness (QED) is 0.632. The van der Waals surface area contributed by atoms with Crippen molar-refractivity contribution in [2.75, 3.05) is 11.9 Å². The fourth-order valence-corrected chi connectivity index (χ4v) is 3.22. The number of amides is 1. The van der Waals surface area contributed by atoms with Crippen LogP contribution in [0.25, 0.3) is 17.2 Å². The molecule has 5 nitrogen and oxygen atoms in total. The molecule has 3 aromatic rings. The summed E-state index contributed by atoms with van der Waals surface area (Å²) in [5, 5.41) is 2.87. The molecule has 1 aliphatic heterocycles. The minimum absolute atomic E-state index is 0.112. The molecule has 3 aromatic carbocycles. The number of hydrogen-bond acceptors (Lipinski definition) is 4. The molecule has 1 heterocycles. The third-order valence-electron chi connectivity index (χ3n) is 4.82. The molecule has 0 saturated heterocycles. The van der Waals surface area contributed by atoms with Crippen molar-refractivity contribution in [3.05, 3.63) is 90.0 Å². The van der Waals surface area contributed by atoms with Gasteiger partial charge < -0.3 is 14.8 Å². The summed E-state index contributed by atoms with van der Waals surface area (Å²) >= 11 is 0. The molecular formula is C25H21NO4. The zero-order chi connectivity index (χ0) is 20.9. The molecule has 0 aliphatic carbocycles. The molecule has 150 valence electrons. The molecule has 30 heavy (non-hydrogen) atoms. The van der Waals surface area contributed by atoms with E-state index >= 15 is 0 Å². The molecule has 1 unspecified atom stereocenters. The number of para-hydroxylation sites is 2. The van der Waals surface area contributed by atoms with Crippen LogP contribution >= 0.6 is 0 Å². The van der Waals surface area contributed by atoms with E-state index in [0.29, 0.717) is 11.3 Å². The average molecular weight is 399 g/mol. The average Bonchev–Trinajstić information content (AvgIpc) is 2.79. The summed E-state index contributed by atoms with van der Waals surface area (Å²) in [6.07, 6.45) is 0.774. The van der Waals surface area contributed by atoms with Crippen LogP contribution in [0.1, 0.15) is 12.5 Å². The molecule has 4 rings (SSSR count). The van der Waals surface area contributed by atoms with E-state index in [0.717, 1.165) is 22.4 Å². The Labute approximate surface area is 175 Å². The number of hydrogen-bond donors (Lipinski definition) is 1. The van der Waals surface area contributed by atoms with Crippen LogP contribution in [0, 0.1) is 0 Å². The van der Waals surface area contributed by atoms with Crippen LogP contribution in [0.2, 0.25) is 0 Å². The number of rotatable bonds is 5. The molecule has 0 bridgehead atoms. The number of fused-ring (bicyclic) bond motifs is 1. The summed E-state index contributed by atoms with van der Waals surface area (Å²) in [5.41, 5.74) is 3.72. The second-order valence-corrected chi connectivity index (χ2v) is 6.94. The second kappa shape index (κ2) is 8.66. The number of benzene rings is 3. The summed E-state index contributed by atoms with van der Waals surface area (Å²) in [6.45, 7) is 1.66. The molecule has 1 aliphatic rings. The van der Waals surface area contributed by atoms with Gasteiger partial charge in [-0.3, -0.25) is 4.79 Å². The van der Waals surface area contributed by atoms with Gasteiger partial charge in [0.25, 0.3) is 5.91 Å². The van der Waals surface area contributed by atoms with Crippen LogP contribution in [-0.2, 0) is 14.3 Å². The third kappa shape index (κ3) is 4.25. The van der Waals surface area contributed by atoms with Gasteiger partial charge >= 0.3 is 5.97 Å². The lowest BCUT2D eigenvalue weighted by Crippen LogP contribution is -2.31. The van der Waals surface area contributed by atoms with Gasteiger partial charge in [-0.2, -0.15) is 0 Å². The minimum atomic E-state index is -0.959. The molecule has 5 heteroatoms. The van der Waals surface area contributed by atoms with Gasteiger partial charge in [-0.05, 0) is 30.7 Å². The first-order valence-corrected chi connectivity index (χ1v) is 9.70. The van der Waals surface area contributed by atoms with Crippen molar-refractivity contribution >= 4 is 23.6 Å². The molecule has 1 amide bonds. The second-order valence-electron chi connectivity index (χ2n) is 6.94. The third-order valence-corrected chi connectivity index (χ3v) is 4.82. The Morgan fingerprint density at radius 3 is 2.47 bits per heavy atom. The van der Waals surface area contributed by atoms with Gasteiger partial charge in [-0.15, -0.1) is 0 Å². The van der Waals surface area contributed by atoms with Crippen LogP contribution in [0.15, 0.2) is 84.4 Å². The van der Waals surface area contributed by atoms with E-state index in [4.69, 9.17) is 9.47 Å². The van der Waals surface area contributed by atoms with Gasteiger partial charge in [-0.1, -0.05) is 66.7 Å². The first-order chi connectivity index (χ1) is 14.6. The van der Waals surface area contributed by atoms with Crippen molar-refractivity contribution in [3.63, 3.8) is 0 Å². The fraction of sp³-hybridized carbons (Fsp3) is 0.120. The van der Waals surface area contributed by atoms with Gasteiger partial charge in [0, 0.05) is 16.8 Å². The van der Waals surface area contributed by atoms with E-state index in [-0.39, 0.29) is 6.61 Å². The van der Waals surface area contributed by atoms with Crippen molar-refractivity contribution in [1.82, 2.24) is 0 Å². The van der Waals surface area contributed by atoms with Crippen LogP contribution in [0.3, 0.4) is 0 Å². The smallest absolute Gasteiger partial charge is 0.338 e. The highest BCUT2D eigenvalue weighted by atomic mass is 16.6. The van der Waals surface area contributed by atoms with Gasteiger partial charge in [0.15, 0.2) is 6.10 Å². The standard InChI is InChI=1S/C25H21NO4/c1-17(30-25(28)20-15-19-11-5-8-14-23(19)29-16-20)24(27)26-22-13-7-6-12-21(22)18-9-3-2-4-10-18/h2-15,17H,16H2,1H3,(H,26,27). The predicted octanol–water partition coefficient (Wildman–Crippen LogP) is 4.70. The maximum atomic E-state index is 12.7. The summed E-state index contributed by atoms with van der Waals surface area (Å²) in [6, 6.07) is 24.7. The lowest BCUT2D eigenvalue weighted by Gasteiger charge is -2.19. The largest absolute Gasteiger partial charge is 0.488 e. The lowest BCUT2D eigenvalue weighted by molar-refractivity contribution is -0.149. The number of carbonyl (C=O) groups excluding carboxylic acids is 2. The summed E-state index contributed by atoms with van der Waals surface area (Å²) in [5.74, 6) is -0.245. The van der Waals surface area contributed by atoms with Crippen LogP contribution in [0.5, 0.6) is 5.75 Å². The predicted molar refractivity (Wildman–Crippen MR) is 116 cm³/mol. The molecule has 0 aromatic heterocycles. The molecule has 0 saturated carbocycles. The number of anilines is 1. The Hall–Kier alpha value is -3.86. The molecule has 0 fully saturated rings. The lowest BCUT2D eigenvalue weighted by atomic mass is 10.0. The minimum Gasteiger partial charge on any atom is -0.488 e. The van der Waals surface area contributed by atoms with Crippen molar-refractivity contribution in [3.8, 4) is 16.9 Å². The topological polar surface area (TPSA) is 64.6 Å². The first-order valence-electron chi connectivity index (χ1n) is 9.70. The van der Waals surface area contributed by atoms with E-state index in [9.17, 15) is 9.59 Å². The number of nitrogens with one attached hydrogen (secondary N) is 1. The molecule has 1 atom stereocenters. The van der Waals surface area contributed by atoms with Crippen molar-refractivity contribution in [2.45, 2.75) is 13.0 Å².